The van der Waals surface area contributed by atoms with Crippen molar-refractivity contribution >= 4 is 5.97 Å². The normalized spacial score (nSPS) is 13.2. The van der Waals surface area contributed by atoms with Gasteiger partial charge in [-0.3, -0.25) is 0 Å². The predicted octanol–water partition coefficient (Wildman–Crippen LogP) is 0.494. The van der Waals surface area contributed by atoms with E-state index < -0.39 is 5.97 Å². The number of rotatable bonds is 7. The van der Waals surface area contributed by atoms with Gasteiger partial charge in [-0.25, -0.2) is 0 Å². The SMILES string of the molecule is CCC(CCN(CC)CC)C(=O)[O-]. The van der Waals surface area contributed by atoms with Crippen molar-refractivity contribution in [3.8, 4) is 0 Å². The van der Waals surface area contributed by atoms with Gasteiger partial charge in [-0.15, -0.1) is 0 Å². The first-order valence-corrected chi connectivity index (χ1v) is 5.08. The van der Waals surface area contributed by atoms with Crippen LogP contribution in [0, 0.1) is 5.92 Å². The topological polar surface area (TPSA) is 43.4 Å². The summed E-state index contributed by atoms with van der Waals surface area (Å²) in [5, 5.41) is 10.6. The summed E-state index contributed by atoms with van der Waals surface area (Å²) in [4.78, 5) is 12.8. The van der Waals surface area contributed by atoms with Crippen molar-refractivity contribution in [1.29, 1.82) is 0 Å². The third-order valence-corrected chi connectivity index (χ3v) is 2.51. The van der Waals surface area contributed by atoms with Crippen LogP contribution < -0.4 is 5.11 Å². The first kappa shape index (κ1) is 12.4. The molecule has 0 amide bonds. The quantitative estimate of drug-likeness (QED) is 0.581. The molecule has 0 heterocycles. The zero-order valence-corrected chi connectivity index (χ0v) is 8.88. The van der Waals surface area contributed by atoms with Crippen molar-refractivity contribution in [2.75, 3.05) is 19.6 Å². The minimum absolute atomic E-state index is 0.277. The highest BCUT2D eigenvalue weighted by molar-refractivity contribution is 5.67. The molecule has 13 heavy (non-hydrogen) atoms. The summed E-state index contributed by atoms with van der Waals surface area (Å²) < 4.78 is 0. The Morgan fingerprint density at radius 2 is 1.85 bits per heavy atom. The minimum atomic E-state index is -0.908. The molecule has 0 aromatic rings. The second kappa shape index (κ2) is 6.89. The Morgan fingerprint density at radius 3 is 2.15 bits per heavy atom. The van der Waals surface area contributed by atoms with Gasteiger partial charge in [-0.2, -0.15) is 0 Å². The number of hydrogen-bond donors (Lipinski definition) is 0. The summed E-state index contributed by atoms with van der Waals surface area (Å²) >= 11 is 0. The monoisotopic (exact) mass is 186 g/mol. The van der Waals surface area contributed by atoms with E-state index in [0.717, 1.165) is 19.6 Å². The molecule has 0 spiro atoms. The molecule has 78 valence electrons. The van der Waals surface area contributed by atoms with E-state index in [2.05, 4.69) is 18.7 Å². The Kier molecular flexibility index (Phi) is 6.59. The van der Waals surface area contributed by atoms with Gasteiger partial charge < -0.3 is 14.8 Å². The first-order valence-electron chi connectivity index (χ1n) is 5.08. The minimum Gasteiger partial charge on any atom is -0.550 e. The fraction of sp³-hybridized carbons (Fsp3) is 0.900. The second-order valence-corrected chi connectivity index (χ2v) is 3.24. The van der Waals surface area contributed by atoms with E-state index >= 15 is 0 Å². The zero-order valence-electron chi connectivity index (χ0n) is 8.88. The van der Waals surface area contributed by atoms with Gasteiger partial charge in [0.05, 0.1) is 0 Å². The van der Waals surface area contributed by atoms with Crippen LogP contribution in [-0.4, -0.2) is 30.5 Å². The summed E-state index contributed by atoms with van der Waals surface area (Å²) in [5.41, 5.74) is 0. The van der Waals surface area contributed by atoms with Gasteiger partial charge in [0.15, 0.2) is 0 Å². The zero-order chi connectivity index (χ0) is 10.3. The van der Waals surface area contributed by atoms with Crippen molar-refractivity contribution in [2.24, 2.45) is 5.92 Å². The van der Waals surface area contributed by atoms with Crippen LogP contribution in [0.25, 0.3) is 0 Å². The fourth-order valence-corrected chi connectivity index (χ4v) is 1.37. The Hall–Kier alpha value is -0.570. The van der Waals surface area contributed by atoms with Gasteiger partial charge in [0.2, 0.25) is 0 Å². The molecule has 0 aromatic carbocycles. The third kappa shape index (κ3) is 4.88. The van der Waals surface area contributed by atoms with Crippen molar-refractivity contribution in [1.82, 2.24) is 4.90 Å². The van der Waals surface area contributed by atoms with Gasteiger partial charge in [-0.05, 0) is 38.4 Å². The number of hydrogen-bond acceptors (Lipinski definition) is 3. The van der Waals surface area contributed by atoms with E-state index in [1.165, 1.54) is 0 Å². The van der Waals surface area contributed by atoms with Crippen LogP contribution in [0.2, 0.25) is 0 Å². The van der Waals surface area contributed by atoms with Crippen LogP contribution in [0.3, 0.4) is 0 Å². The van der Waals surface area contributed by atoms with Crippen LogP contribution in [-0.2, 0) is 4.79 Å². The third-order valence-electron chi connectivity index (χ3n) is 2.51. The Labute approximate surface area is 80.7 Å². The lowest BCUT2D eigenvalue weighted by molar-refractivity contribution is -0.312. The van der Waals surface area contributed by atoms with Gasteiger partial charge in [0.25, 0.3) is 0 Å². The molecule has 0 bridgehead atoms. The highest BCUT2D eigenvalue weighted by Gasteiger charge is 2.08. The van der Waals surface area contributed by atoms with E-state index in [0.29, 0.717) is 12.8 Å². The fourth-order valence-electron chi connectivity index (χ4n) is 1.37. The molecule has 0 radical (unpaired) electrons. The molecule has 0 aliphatic heterocycles. The van der Waals surface area contributed by atoms with Crippen molar-refractivity contribution in [2.45, 2.75) is 33.6 Å². The molecular formula is C10H20NO2-. The van der Waals surface area contributed by atoms with E-state index in [1.807, 2.05) is 6.92 Å². The lowest BCUT2D eigenvalue weighted by Gasteiger charge is -2.22. The van der Waals surface area contributed by atoms with E-state index in [4.69, 9.17) is 0 Å². The molecule has 0 fully saturated rings. The number of carbonyl (C=O) groups excluding carboxylic acids is 1. The van der Waals surface area contributed by atoms with Crippen molar-refractivity contribution < 1.29 is 9.90 Å². The van der Waals surface area contributed by atoms with E-state index in [-0.39, 0.29) is 5.92 Å². The summed E-state index contributed by atoms with van der Waals surface area (Å²) in [6, 6.07) is 0. The molecule has 0 aliphatic carbocycles. The molecule has 1 atom stereocenters. The molecule has 0 saturated heterocycles. The van der Waals surface area contributed by atoms with E-state index in [9.17, 15) is 9.90 Å². The van der Waals surface area contributed by atoms with Crippen LogP contribution in [0.15, 0.2) is 0 Å². The molecule has 3 heteroatoms. The van der Waals surface area contributed by atoms with Gasteiger partial charge in [0.1, 0.15) is 0 Å². The summed E-state index contributed by atoms with van der Waals surface area (Å²) in [5.74, 6) is -1.18. The molecule has 0 saturated carbocycles. The molecule has 0 aromatic heterocycles. The highest BCUT2D eigenvalue weighted by Crippen LogP contribution is 2.07. The summed E-state index contributed by atoms with van der Waals surface area (Å²) in [7, 11) is 0. The van der Waals surface area contributed by atoms with Crippen molar-refractivity contribution in [3.05, 3.63) is 0 Å². The van der Waals surface area contributed by atoms with Crippen LogP contribution in [0.5, 0.6) is 0 Å². The number of aliphatic carboxylic acids is 1. The average molecular weight is 186 g/mol. The molecule has 0 aliphatic rings. The maximum Gasteiger partial charge on any atom is 0.0445 e. The average Bonchev–Trinajstić information content (AvgIpc) is 2.12. The summed E-state index contributed by atoms with van der Waals surface area (Å²) in [6.45, 7) is 8.90. The summed E-state index contributed by atoms with van der Waals surface area (Å²) in [6.07, 6.45) is 1.38. The number of carboxylic acid groups (broad SMARTS) is 1. The standard InChI is InChI=1S/C10H21NO2/c1-4-9(10(12)13)7-8-11(5-2)6-3/h9H,4-8H2,1-3H3,(H,12,13)/p-1. The highest BCUT2D eigenvalue weighted by atomic mass is 16.4. The molecule has 3 nitrogen and oxygen atoms in total. The molecular weight excluding hydrogens is 166 g/mol. The first-order chi connectivity index (χ1) is 6.15. The van der Waals surface area contributed by atoms with Crippen molar-refractivity contribution in [3.63, 3.8) is 0 Å². The van der Waals surface area contributed by atoms with Gasteiger partial charge in [0, 0.05) is 5.97 Å². The van der Waals surface area contributed by atoms with Gasteiger partial charge in [-0.1, -0.05) is 20.8 Å². The lowest BCUT2D eigenvalue weighted by Crippen LogP contribution is -2.34. The molecule has 1 unspecified atom stereocenters. The van der Waals surface area contributed by atoms with Crippen LogP contribution >= 0.6 is 0 Å². The van der Waals surface area contributed by atoms with Gasteiger partial charge >= 0.3 is 0 Å². The van der Waals surface area contributed by atoms with E-state index in [1.54, 1.807) is 0 Å². The lowest BCUT2D eigenvalue weighted by atomic mass is 10.0. The largest absolute Gasteiger partial charge is 0.550 e. The Balaban J connectivity index is 3.76. The maximum atomic E-state index is 10.6. The number of carboxylic acids is 1. The second-order valence-electron chi connectivity index (χ2n) is 3.24. The van der Waals surface area contributed by atoms with Crippen LogP contribution in [0.1, 0.15) is 33.6 Å². The Morgan fingerprint density at radius 1 is 1.31 bits per heavy atom. The predicted molar refractivity (Wildman–Crippen MR) is 51.2 cm³/mol. The van der Waals surface area contributed by atoms with Crippen LogP contribution in [0.4, 0.5) is 0 Å². The maximum absolute atomic E-state index is 10.6. The number of carbonyl (C=O) groups is 1. The molecule has 0 rings (SSSR count). The smallest absolute Gasteiger partial charge is 0.0445 e. The Bertz CT molecular complexity index is 144. The molecule has 0 N–H and O–H groups in total. The number of nitrogens with zero attached hydrogens (tertiary/aromatic N) is 1.